The maximum absolute atomic E-state index is 5.98. The van der Waals surface area contributed by atoms with Crippen molar-refractivity contribution in [3.63, 3.8) is 0 Å². The molecule has 25 heavy (non-hydrogen) atoms. The van der Waals surface area contributed by atoms with Crippen molar-refractivity contribution < 1.29 is 9.47 Å². The molecule has 1 aromatic rings. The van der Waals surface area contributed by atoms with Gasteiger partial charge in [0.05, 0.1) is 19.8 Å². The summed E-state index contributed by atoms with van der Waals surface area (Å²) in [5.41, 5.74) is 7.04. The number of aliphatic imine (C=N–C) groups is 1. The molecule has 2 aliphatic rings. The van der Waals surface area contributed by atoms with Crippen LogP contribution < -0.4 is 15.8 Å². The van der Waals surface area contributed by atoms with Crippen LogP contribution in [-0.2, 0) is 11.3 Å². The number of para-hydroxylation sites is 1. The molecule has 1 heterocycles. The van der Waals surface area contributed by atoms with Crippen molar-refractivity contribution >= 4 is 5.96 Å². The van der Waals surface area contributed by atoms with Crippen molar-refractivity contribution in [2.24, 2.45) is 16.6 Å². The first kappa shape index (κ1) is 18.0. The molecule has 1 aromatic carbocycles. The van der Waals surface area contributed by atoms with Crippen molar-refractivity contribution in [3.05, 3.63) is 29.8 Å². The van der Waals surface area contributed by atoms with Gasteiger partial charge in [-0.05, 0) is 24.8 Å². The van der Waals surface area contributed by atoms with Gasteiger partial charge in [-0.3, -0.25) is 4.90 Å². The summed E-state index contributed by atoms with van der Waals surface area (Å²) in [6.07, 6.45) is 3.96. The molecule has 0 bridgehead atoms. The second-order valence-electron chi connectivity index (χ2n) is 6.79. The summed E-state index contributed by atoms with van der Waals surface area (Å²) in [7, 11) is 0. The van der Waals surface area contributed by atoms with Crippen molar-refractivity contribution in [3.8, 4) is 5.75 Å². The Labute approximate surface area is 150 Å². The van der Waals surface area contributed by atoms with Gasteiger partial charge < -0.3 is 20.5 Å². The van der Waals surface area contributed by atoms with E-state index in [-0.39, 0.29) is 0 Å². The maximum atomic E-state index is 5.98. The highest BCUT2D eigenvalue weighted by Crippen LogP contribution is 2.25. The summed E-state index contributed by atoms with van der Waals surface area (Å²) in [5, 5.41) is 3.23. The predicted molar refractivity (Wildman–Crippen MR) is 99.9 cm³/mol. The van der Waals surface area contributed by atoms with Gasteiger partial charge in [-0.2, -0.15) is 0 Å². The molecule has 138 valence electrons. The van der Waals surface area contributed by atoms with Gasteiger partial charge >= 0.3 is 0 Å². The molecule has 1 aliphatic heterocycles. The summed E-state index contributed by atoms with van der Waals surface area (Å²) in [6, 6.07) is 8.06. The van der Waals surface area contributed by atoms with Crippen LogP contribution in [-0.4, -0.2) is 56.9 Å². The Bertz CT molecular complexity index is 554. The monoisotopic (exact) mass is 346 g/mol. The van der Waals surface area contributed by atoms with E-state index in [2.05, 4.69) is 15.2 Å². The molecular formula is C19H30N4O2. The molecule has 6 heteroatoms. The van der Waals surface area contributed by atoms with Gasteiger partial charge in [0.15, 0.2) is 5.96 Å². The number of nitrogens with one attached hydrogen (secondary N) is 1. The molecule has 0 amide bonds. The van der Waals surface area contributed by atoms with E-state index in [1.54, 1.807) is 0 Å². The van der Waals surface area contributed by atoms with Gasteiger partial charge in [-0.15, -0.1) is 0 Å². The summed E-state index contributed by atoms with van der Waals surface area (Å²) < 4.78 is 11.4. The number of nitrogens with two attached hydrogens (primary N) is 1. The van der Waals surface area contributed by atoms with E-state index in [1.165, 1.54) is 19.3 Å². The minimum atomic E-state index is 0.523. The lowest BCUT2D eigenvalue weighted by Crippen LogP contribution is -2.38. The Morgan fingerprint density at radius 3 is 2.84 bits per heavy atom. The molecule has 0 spiro atoms. The molecule has 1 saturated carbocycles. The van der Waals surface area contributed by atoms with Crippen LogP contribution in [0, 0.1) is 5.92 Å². The highest BCUT2D eigenvalue weighted by Gasteiger charge is 2.16. The number of nitrogens with zero attached hydrogens (tertiary/aromatic N) is 2. The fourth-order valence-corrected chi connectivity index (χ4v) is 3.06. The Morgan fingerprint density at radius 1 is 1.28 bits per heavy atom. The first-order valence-corrected chi connectivity index (χ1v) is 9.36. The van der Waals surface area contributed by atoms with Crippen LogP contribution in [0.25, 0.3) is 0 Å². The number of hydrogen-bond donors (Lipinski definition) is 2. The molecule has 3 rings (SSSR count). The van der Waals surface area contributed by atoms with Crippen molar-refractivity contribution in [1.29, 1.82) is 0 Å². The Morgan fingerprint density at radius 2 is 2.08 bits per heavy atom. The zero-order chi connectivity index (χ0) is 17.3. The number of ether oxygens (including phenoxy) is 2. The molecule has 1 saturated heterocycles. The van der Waals surface area contributed by atoms with Gasteiger partial charge in [0.1, 0.15) is 12.4 Å². The normalized spacial score (nSPS) is 19.4. The number of rotatable bonds is 8. The Kier molecular flexibility index (Phi) is 6.94. The lowest BCUT2D eigenvalue weighted by atomic mass is 9.85. The number of benzene rings is 1. The van der Waals surface area contributed by atoms with Gasteiger partial charge in [-0.1, -0.05) is 24.6 Å². The highest BCUT2D eigenvalue weighted by molar-refractivity contribution is 5.77. The van der Waals surface area contributed by atoms with E-state index < -0.39 is 0 Å². The zero-order valence-electron chi connectivity index (χ0n) is 15.0. The molecule has 0 aromatic heterocycles. The van der Waals surface area contributed by atoms with E-state index in [1.807, 2.05) is 24.3 Å². The largest absolute Gasteiger partial charge is 0.492 e. The average molecular weight is 346 g/mol. The molecule has 0 radical (unpaired) electrons. The topological polar surface area (TPSA) is 72.1 Å². The van der Waals surface area contributed by atoms with Crippen LogP contribution in [0.15, 0.2) is 29.3 Å². The third-order valence-electron chi connectivity index (χ3n) is 4.96. The average Bonchev–Trinajstić information content (AvgIpc) is 2.60. The second kappa shape index (κ2) is 9.63. The fourth-order valence-electron chi connectivity index (χ4n) is 3.06. The quantitative estimate of drug-likeness (QED) is 0.553. The molecule has 0 unspecified atom stereocenters. The van der Waals surface area contributed by atoms with Crippen LogP contribution >= 0.6 is 0 Å². The maximum Gasteiger partial charge on any atom is 0.188 e. The molecule has 0 atom stereocenters. The number of guanidine groups is 1. The summed E-state index contributed by atoms with van der Waals surface area (Å²) in [4.78, 5) is 6.83. The van der Waals surface area contributed by atoms with Gasteiger partial charge in [0, 0.05) is 31.7 Å². The van der Waals surface area contributed by atoms with Gasteiger partial charge in [-0.25, -0.2) is 4.99 Å². The van der Waals surface area contributed by atoms with Crippen LogP contribution in [0.5, 0.6) is 5.75 Å². The number of morpholine rings is 1. The first-order chi connectivity index (χ1) is 12.3. The summed E-state index contributed by atoms with van der Waals surface area (Å²) in [5.74, 6) is 2.19. The zero-order valence-corrected chi connectivity index (χ0v) is 15.0. The summed E-state index contributed by atoms with van der Waals surface area (Å²) in [6.45, 7) is 6.68. The molecule has 1 aliphatic carbocycles. The number of hydrogen-bond acceptors (Lipinski definition) is 4. The van der Waals surface area contributed by atoms with E-state index in [0.717, 1.165) is 56.6 Å². The lowest BCUT2D eigenvalue weighted by molar-refractivity contribution is 0.0322. The molecule has 2 fully saturated rings. The Balaban J connectivity index is 1.44. The van der Waals surface area contributed by atoms with E-state index >= 15 is 0 Å². The van der Waals surface area contributed by atoms with Gasteiger partial charge in [0.2, 0.25) is 0 Å². The van der Waals surface area contributed by atoms with Crippen molar-refractivity contribution in [2.75, 3.05) is 46.0 Å². The minimum absolute atomic E-state index is 0.523. The molecule has 6 nitrogen and oxygen atoms in total. The van der Waals surface area contributed by atoms with Crippen molar-refractivity contribution in [1.82, 2.24) is 10.2 Å². The van der Waals surface area contributed by atoms with E-state index in [9.17, 15) is 0 Å². The smallest absolute Gasteiger partial charge is 0.188 e. The second-order valence-corrected chi connectivity index (χ2v) is 6.79. The standard InChI is InChI=1S/C19H30N4O2/c20-19(21-14-16-4-3-5-16)22-15-17-6-1-2-7-18(17)25-13-10-23-8-11-24-12-9-23/h1-2,6-7,16H,3-5,8-15H2,(H3,20,21,22). The Hall–Kier alpha value is -1.79. The minimum Gasteiger partial charge on any atom is -0.492 e. The van der Waals surface area contributed by atoms with Crippen LogP contribution in [0.4, 0.5) is 0 Å². The lowest BCUT2D eigenvalue weighted by Gasteiger charge is -2.26. The van der Waals surface area contributed by atoms with Gasteiger partial charge in [0.25, 0.3) is 0 Å². The highest BCUT2D eigenvalue weighted by atomic mass is 16.5. The SMILES string of the molecule is NC(=NCc1ccccc1OCCN1CCOCC1)NCC1CCC1. The summed E-state index contributed by atoms with van der Waals surface area (Å²) >= 11 is 0. The van der Waals surface area contributed by atoms with Crippen LogP contribution in [0.3, 0.4) is 0 Å². The van der Waals surface area contributed by atoms with Crippen LogP contribution in [0.2, 0.25) is 0 Å². The molecule has 3 N–H and O–H groups in total. The fraction of sp³-hybridized carbons (Fsp3) is 0.632. The predicted octanol–water partition coefficient (Wildman–Crippen LogP) is 1.60. The third-order valence-corrected chi connectivity index (χ3v) is 4.96. The third kappa shape index (κ3) is 5.90. The first-order valence-electron chi connectivity index (χ1n) is 9.36. The van der Waals surface area contributed by atoms with Crippen LogP contribution in [0.1, 0.15) is 24.8 Å². The molecular weight excluding hydrogens is 316 g/mol. The van der Waals surface area contributed by atoms with Crippen molar-refractivity contribution in [2.45, 2.75) is 25.8 Å². The van der Waals surface area contributed by atoms with E-state index in [4.69, 9.17) is 15.2 Å². The van der Waals surface area contributed by atoms with E-state index in [0.29, 0.717) is 19.1 Å².